The van der Waals surface area contributed by atoms with Crippen molar-refractivity contribution in [1.82, 2.24) is 10.3 Å². The number of aromatic nitrogens is 1. The van der Waals surface area contributed by atoms with E-state index in [-0.39, 0.29) is 18.9 Å². The molecule has 0 aliphatic heterocycles. The van der Waals surface area contributed by atoms with Gasteiger partial charge >= 0.3 is 0 Å². The number of aliphatic hydroxyl groups is 1. The molecule has 0 aliphatic carbocycles. The lowest BCUT2D eigenvalue weighted by molar-refractivity contribution is -0.120. The van der Waals surface area contributed by atoms with Crippen LogP contribution in [0.1, 0.15) is 32.7 Å². The van der Waals surface area contributed by atoms with Gasteiger partial charge in [-0.15, -0.1) is 0 Å². The van der Waals surface area contributed by atoms with E-state index in [0.29, 0.717) is 12.1 Å². The van der Waals surface area contributed by atoms with E-state index in [1.807, 2.05) is 31.2 Å². The summed E-state index contributed by atoms with van der Waals surface area (Å²) >= 11 is 0. The Labute approximate surface area is 157 Å². The highest BCUT2D eigenvalue weighted by Crippen LogP contribution is 2.22. The first kappa shape index (κ1) is 18.5. The molecule has 0 fully saturated rings. The van der Waals surface area contributed by atoms with Crippen LogP contribution < -0.4 is 11.1 Å². The van der Waals surface area contributed by atoms with Crippen molar-refractivity contribution < 1.29 is 14.7 Å². The molecule has 0 saturated heterocycles. The van der Waals surface area contributed by atoms with Crippen molar-refractivity contribution >= 4 is 22.7 Å². The highest BCUT2D eigenvalue weighted by Gasteiger charge is 2.11. The van der Waals surface area contributed by atoms with Crippen molar-refractivity contribution in [2.75, 3.05) is 0 Å². The first-order valence-electron chi connectivity index (χ1n) is 8.62. The first-order valence-corrected chi connectivity index (χ1v) is 8.62. The van der Waals surface area contributed by atoms with Gasteiger partial charge in [-0.05, 0) is 41.8 Å². The zero-order valence-corrected chi connectivity index (χ0v) is 15.0. The number of rotatable bonds is 6. The lowest BCUT2D eigenvalue weighted by Gasteiger charge is -2.11. The molecule has 0 unspecified atom stereocenters. The lowest BCUT2D eigenvalue weighted by Crippen LogP contribution is -2.24. The summed E-state index contributed by atoms with van der Waals surface area (Å²) in [6.45, 7) is 2.15. The second kappa shape index (κ2) is 7.97. The van der Waals surface area contributed by atoms with Crippen LogP contribution in [0.3, 0.4) is 0 Å². The van der Waals surface area contributed by atoms with Crippen LogP contribution in [0.4, 0.5) is 0 Å². The normalized spacial score (nSPS) is 10.7. The smallest absolute Gasteiger partial charge is 0.248 e. The summed E-state index contributed by atoms with van der Waals surface area (Å²) < 4.78 is 0. The molecule has 6 nitrogen and oxygen atoms in total. The molecular weight excluding hydrogens is 342 g/mol. The number of hydrogen-bond acceptors (Lipinski definition) is 4. The Kier molecular flexibility index (Phi) is 5.47. The Morgan fingerprint density at radius 1 is 1.11 bits per heavy atom. The van der Waals surface area contributed by atoms with Gasteiger partial charge in [-0.25, -0.2) is 0 Å². The number of aliphatic hydroxyl groups excluding tert-OH is 1. The molecule has 0 bridgehead atoms. The SMILES string of the molecule is Cc1cc(CO)c2cccc(CC(=O)NCc3ccc(C(N)=O)cc3)c2n1. The number of para-hydroxylation sites is 1. The third-order valence-electron chi connectivity index (χ3n) is 4.39. The summed E-state index contributed by atoms with van der Waals surface area (Å²) in [4.78, 5) is 28.0. The van der Waals surface area contributed by atoms with Gasteiger partial charge in [-0.1, -0.05) is 30.3 Å². The number of aryl methyl sites for hydroxylation is 1. The summed E-state index contributed by atoms with van der Waals surface area (Å²) in [5.41, 5.74) is 9.68. The third kappa shape index (κ3) is 4.30. The number of nitrogens with two attached hydrogens (primary N) is 1. The molecule has 1 heterocycles. The molecule has 0 radical (unpaired) electrons. The Morgan fingerprint density at radius 3 is 2.52 bits per heavy atom. The predicted molar refractivity (Wildman–Crippen MR) is 103 cm³/mol. The van der Waals surface area contributed by atoms with Crippen molar-refractivity contribution in [2.45, 2.75) is 26.5 Å². The summed E-state index contributed by atoms with van der Waals surface area (Å²) in [7, 11) is 0. The second-order valence-corrected chi connectivity index (χ2v) is 6.41. The molecule has 4 N–H and O–H groups in total. The van der Waals surface area contributed by atoms with Crippen LogP contribution in [-0.4, -0.2) is 21.9 Å². The highest BCUT2D eigenvalue weighted by molar-refractivity contribution is 5.92. The van der Waals surface area contributed by atoms with Gasteiger partial charge < -0.3 is 16.2 Å². The van der Waals surface area contributed by atoms with Gasteiger partial charge in [-0.2, -0.15) is 0 Å². The van der Waals surface area contributed by atoms with Gasteiger partial charge in [-0.3, -0.25) is 14.6 Å². The van der Waals surface area contributed by atoms with Gasteiger partial charge in [0.15, 0.2) is 0 Å². The van der Waals surface area contributed by atoms with Crippen LogP contribution in [0, 0.1) is 6.92 Å². The summed E-state index contributed by atoms with van der Waals surface area (Å²) in [6, 6.07) is 14.3. The maximum absolute atomic E-state index is 12.4. The zero-order chi connectivity index (χ0) is 19.4. The van der Waals surface area contributed by atoms with Gasteiger partial charge in [0, 0.05) is 23.2 Å². The van der Waals surface area contributed by atoms with Gasteiger partial charge in [0.1, 0.15) is 0 Å². The number of carbonyl (C=O) groups excluding carboxylic acids is 2. The van der Waals surface area contributed by atoms with Gasteiger partial charge in [0.25, 0.3) is 0 Å². The molecule has 27 heavy (non-hydrogen) atoms. The van der Waals surface area contributed by atoms with Crippen molar-refractivity contribution in [3.05, 3.63) is 76.5 Å². The molecule has 0 aliphatic rings. The molecule has 1 aromatic heterocycles. The number of nitrogens with zero attached hydrogens (tertiary/aromatic N) is 1. The molecule has 3 rings (SSSR count). The van der Waals surface area contributed by atoms with Gasteiger partial charge in [0.2, 0.25) is 11.8 Å². The number of pyridine rings is 1. The van der Waals surface area contributed by atoms with Crippen molar-refractivity contribution in [3.8, 4) is 0 Å². The maximum Gasteiger partial charge on any atom is 0.248 e. The Morgan fingerprint density at radius 2 is 1.85 bits per heavy atom. The summed E-state index contributed by atoms with van der Waals surface area (Å²) in [5, 5.41) is 13.3. The number of fused-ring (bicyclic) bond motifs is 1. The lowest BCUT2D eigenvalue weighted by atomic mass is 10.0. The number of nitrogens with one attached hydrogen (secondary N) is 1. The van der Waals surface area contributed by atoms with Gasteiger partial charge in [0.05, 0.1) is 18.5 Å². The third-order valence-corrected chi connectivity index (χ3v) is 4.39. The average molecular weight is 363 g/mol. The minimum Gasteiger partial charge on any atom is -0.392 e. The van der Waals surface area contributed by atoms with Crippen LogP contribution in [0.2, 0.25) is 0 Å². The molecular formula is C21H21N3O3. The maximum atomic E-state index is 12.4. The van der Waals surface area contributed by atoms with Crippen LogP contribution in [-0.2, 0) is 24.4 Å². The fraction of sp³-hybridized carbons (Fsp3) is 0.190. The van der Waals surface area contributed by atoms with E-state index in [9.17, 15) is 14.7 Å². The molecule has 2 aromatic carbocycles. The number of benzene rings is 2. The van der Waals surface area contributed by atoms with E-state index in [0.717, 1.165) is 33.3 Å². The zero-order valence-electron chi connectivity index (χ0n) is 15.0. The quantitative estimate of drug-likeness (QED) is 0.623. The highest BCUT2D eigenvalue weighted by atomic mass is 16.3. The van der Waals surface area contributed by atoms with Crippen LogP contribution in [0.5, 0.6) is 0 Å². The largest absolute Gasteiger partial charge is 0.392 e. The monoisotopic (exact) mass is 363 g/mol. The minimum absolute atomic E-state index is 0.0726. The molecule has 0 atom stereocenters. The molecule has 0 spiro atoms. The number of carbonyl (C=O) groups is 2. The average Bonchev–Trinajstić information content (AvgIpc) is 2.66. The van der Waals surface area contributed by atoms with E-state index < -0.39 is 5.91 Å². The van der Waals surface area contributed by atoms with Crippen molar-refractivity contribution in [3.63, 3.8) is 0 Å². The molecule has 138 valence electrons. The molecule has 3 aromatic rings. The molecule has 0 saturated carbocycles. The first-order chi connectivity index (χ1) is 13.0. The van der Waals surface area contributed by atoms with Crippen molar-refractivity contribution in [1.29, 1.82) is 0 Å². The minimum atomic E-state index is -0.480. The number of primary amides is 1. The van der Waals surface area contributed by atoms with Crippen molar-refractivity contribution in [2.24, 2.45) is 5.73 Å². The number of amides is 2. The topological polar surface area (TPSA) is 105 Å². The Bertz CT molecular complexity index is 997. The number of hydrogen-bond donors (Lipinski definition) is 3. The Balaban J connectivity index is 1.72. The molecule has 6 heteroatoms. The van der Waals surface area contributed by atoms with Crippen LogP contribution in [0.25, 0.3) is 10.9 Å². The Hall–Kier alpha value is -3.25. The van der Waals surface area contributed by atoms with Crippen LogP contribution >= 0.6 is 0 Å². The van der Waals surface area contributed by atoms with E-state index in [1.54, 1.807) is 24.3 Å². The summed E-state index contributed by atoms with van der Waals surface area (Å²) in [6.07, 6.45) is 0.192. The predicted octanol–water partition coefficient (Wildman–Crippen LogP) is 1.99. The second-order valence-electron chi connectivity index (χ2n) is 6.41. The standard InChI is InChI=1S/C21H21N3O3/c1-13-9-17(12-25)18-4-2-3-16(20(18)24-13)10-19(26)23-11-14-5-7-15(8-6-14)21(22)27/h2-9,25H,10-12H2,1H3,(H2,22,27)(H,23,26). The van der Waals surface area contributed by atoms with E-state index in [4.69, 9.17) is 5.73 Å². The van der Waals surface area contributed by atoms with E-state index in [2.05, 4.69) is 10.3 Å². The fourth-order valence-corrected chi connectivity index (χ4v) is 3.02. The van der Waals surface area contributed by atoms with Crippen LogP contribution in [0.15, 0.2) is 48.5 Å². The fourth-order valence-electron chi connectivity index (χ4n) is 3.02. The van der Waals surface area contributed by atoms with E-state index >= 15 is 0 Å². The summed E-state index contributed by atoms with van der Waals surface area (Å²) in [5.74, 6) is -0.609. The molecule has 2 amide bonds. The van der Waals surface area contributed by atoms with E-state index in [1.165, 1.54) is 0 Å².